The second-order valence-electron chi connectivity index (χ2n) is 15.8. The summed E-state index contributed by atoms with van der Waals surface area (Å²) in [5.74, 6) is 0. The Kier molecular flexibility index (Phi) is 7.16. The molecular formula is C56H33N3S. The van der Waals surface area contributed by atoms with E-state index >= 15 is 0 Å². The molecule has 3 nitrogen and oxygen atoms in total. The van der Waals surface area contributed by atoms with E-state index in [1.165, 1.54) is 53.9 Å². The number of hydrogen-bond donors (Lipinski definition) is 0. The number of nitrogens with zero attached hydrogens (tertiary/aromatic N) is 3. The van der Waals surface area contributed by atoms with E-state index in [-0.39, 0.29) is 0 Å². The van der Waals surface area contributed by atoms with Crippen LogP contribution in [0.1, 0.15) is 22.3 Å². The van der Waals surface area contributed by atoms with E-state index in [2.05, 4.69) is 194 Å². The van der Waals surface area contributed by atoms with Crippen molar-refractivity contribution in [3.8, 4) is 44.9 Å². The zero-order chi connectivity index (χ0) is 39.4. The first-order chi connectivity index (χ1) is 29.7. The van der Waals surface area contributed by atoms with Gasteiger partial charge in [-0.15, -0.1) is 0 Å². The first-order valence-electron chi connectivity index (χ1n) is 20.4. The van der Waals surface area contributed by atoms with Gasteiger partial charge in [0, 0.05) is 53.4 Å². The van der Waals surface area contributed by atoms with Crippen LogP contribution in [0.2, 0.25) is 0 Å². The van der Waals surface area contributed by atoms with Crippen LogP contribution in [0, 0.1) is 0 Å². The van der Waals surface area contributed by atoms with Crippen LogP contribution in [-0.4, -0.2) is 15.0 Å². The van der Waals surface area contributed by atoms with Crippen LogP contribution in [0.3, 0.4) is 0 Å². The Bertz CT molecular complexity index is 3530. The predicted molar refractivity (Wildman–Crippen MR) is 248 cm³/mol. The van der Waals surface area contributed by atoms with Gasteiger partial charge in [-0.1, -0.05) is 182 Å². The molecular weight excluding hydrogens is 747 g/mol. The van der Waals surface area contributed by atoms with Gasteiger partial charge in [-0.05, 0) is 63.7 Å². The van der Waals surface area contributed by atoms with Gasteiger partial charge in [-0.25, -0.2) is 15.0 Å². The molecule has 0 unspecified atom stereocenters. The highest BCUT2D eigenvalue weighted by molar-refractivity contribution is 7.99. The maximum absolute atomic E-state index is 5.41. The van der Waals surface area contributed by atoms with Crippen molar-refractivity contribution >= 4 is 55.2 Å². The first-order valence-corrected chi connectivity index (χ1v) is 21.3. The van der Waals surface area contributed by atoms with Crippen LogP contribution < -0.4 is 0 Å². The smallest absolute Gasteiger partial charge is 0.0972 e. The lowest BCUT2D eigenvalue weighted by Gasteiger charge is -2.39. The average Bonchev–Trinajstić information content (AvgIpc) is 3.62. The zero-order valence-corrected chi connectivity index (χ0v) is 33.1. The van der Waals surface area contributed by atoms with Gasteiger partial charge in [0.05, 0.1) is 39.0 Å². The molecule has 2 aliphatic rings. The van der Waals surface area contributed by atoms with E-state index in [9.17, 15) is 0 Å². The molecule has 4 heterocycles. The van der Waals surface area contributed by atoms with Gasteiger partial charge in [-0.3, -0.25) is 0 Å². The molecule has 0 saturated heterocycles. The van der Waals surface area contributed by atoms with E-state index in [4.69, 9.17) is 15.0 Å². The van der Waals surface area contributed by atoms with E-state index < -0.39 is 5.41 Å². The van der Waals surface area contributed by atoms with E-state index in [0.717, 1.165) is 66.5 Å². The van der Waals surface area contributed by atoms with Crippen molar-refractivity contribution in [2.24, 2.45) is 0 Å². The molecule has 60 heavy (non-hydrogen) atoms. The fourth-order valence-electron chi connectivity index (χ4n) is 10.1. The van der Waals surface area contributed by atoms with Gasteiger partial charge in [0.25, 0.3) is 0 Å². The van der Waals surface area contributed by atoms with Gasteiger partial charge in [0.15, 0.2) is 0 Å². The molecule has 0 radical (unpaired) electrons. The molecule has 0 saturated carbocycles. The number of para-hydroxylation sites is 1. The lowest BCUT2D eigenvalue weighted by Crippen LogP contribution is -2.31. The summed E-state index contributed by atoms with van der Waals surface area (Å²) in [6, 6.07) is 72.4. The number of hydrogen-bond acceptors (Lipinski definition) is 4. The molecule has 4 heteroatoms. The maximum Gasteiger partial charge on any atom is 0.0972 e. The molecule has 1 aliphatic heterocycles. The number of benzene rings is 8. The first kappa shape index (κ1) is 33.6. The fourth-order valence-corrected chi connectivity index (χ4v) is 11.3. The quantitative estimate of drug-likeness (QED) is 0.167. The maximum atomic E-state index is 5.41. The SMILES string of the molecule is c1ccc(-c2ccc3ccc4ccc(-c5ccc(-c6nc7ccccc7c7c8c(ccc67)C6(c7ccccc7Sc7ccccc76)c6ccccc6-8)cc5)nc4c3n2)cc1. The summed E-state index contributed by atoms with van der Waals surface area (Å²) >= 11 is 1.88. The summed E-state index contributed by atoms with van der Waals surface area (Å²) in [5, 5.41) is 5.71. The van der Waals surface area contributed by atoms with Crippen molar-refractivity contribution in [2.45, 2.75) is 15.2 Å². The summed E-state index contributed by atoms with van der Waals surface area (Å²) in [6.07, 6.45) is 0. The molecule has 0 amide bonds. The Morgan fingerprint density at radius 2 is 0.917 bits per heavy atom. The minimum Gasteiger partial charge on any atom is -0.247 e. The third-order valence-corrected chi connectivity index (χ3v) is 13.9. The zero-order valence-electron chi connectivity index (χ0n) is 32.3. The standard InChI is InChI=1S/C56H33N3S/c1-2-12-34(13-3-1)46-32-28-37-26-27-38-29-33-47(58-55(38)54(37)57-46)35-22-24-36(25-23-35)53-41-30-31-45-52(51(41)40-15-5-9-19-48(40)59-53)39-14-4-6-16-42(39)56(45)43-17-7-10-20-49(43)60-50-21-11-8-18-44(50)56/h1-33H. The minimum atomic E-state index is -0.443. The molecule has 13 rings (SSSR count). The number of pyridine rings is 3. The van der Waals surface area contributed by atoms with Crippen molar-refractivity contribution in [2.75, 3.05) is 0 Å². The second-order valence-corrected chi connectivity index (χ2v) is 16.9. The predicted octanol–water partition coefficient (Wildman–Crippen LogP) is 14.3. The molecule has 1 aliphatic carbocycles. The summed E-state index contributed by atoms with van der Waals surface area (Å²) in [5.41, 5.74) is 16.3. The lowest BCUT2D eigenvalue weighted by atomic mass is 9.67. The fraction of sp³-hybridized carbons (Fsp3) is 0.0179. The molecule has 0 atom stereocenters. The lowest BCUT2D eigenvalue weighted by molar-refractivity contribution is 0.723. The normalized spacial score (nSPS) is 13.4. The Morgan fingerprint density at radius 1 is 0.367 bits per heavy atom. The largest absolute Gasteiger partial charge is 0.247 e. The summed E-state index contributed by atoms with van der Waals surface area (Å²) in [7, 11) is 0. The molecule has 8 aromatic carbocycles. The van der Waals surface area contributed by atoms with E-state index in [1.807, 2.05) is 17.8 Å². The highest BCUT2D eigenvalue weighted by Gasteiger charge is 2.50. The molecule has 0 N–H and O–H groups in total. The van der Waals surface area contributed by atoms with Gasteiger partial charge < -0.3 is 0 Å². The average molecular weight is 780 g/mol. The Labute approximate surface area is 351 Å². The molecule has 11 aromatic rings. The Balaban J connectivity index is 0.997. The second kappa shape index (κ2) is 12.8. The molecule has 278 valence electrons. The monoisotopic (exact) mass is 779 g/mol. The van der Waals surface area contributed by atoms with E-state index in [1.54, 1.807) is 0 Å². The Hall–Kier alpha value is -7.40. The van der Waals surface area contributed by atoms with Crippen LogP contribution in [0.5, 0.6) is 0 Å². The summed E-state index contributed by atoms with van der Waals surface area (Å²) < 4.78 is 0. The number of aromatic nitrogens is 3. The van der Waals surface area contributed by atoms with Gasteiger partial charge in [0.1, 0.15) is 0 Å². The summed E-state index contributed by atoms with van der Waals surface area (Å²) in [4.78, 5) is 18.4. The highest BCUT2D eigenvalue weighted by atomic mass is 32.2. The molecule has 3 aromatic heterocycles. The van der Waals surface area contributed by atoms with Gasteiger partial charge in [-0.2, -0.15) is 0 Å². The molecule has 0 bridgehead atoms. The van der Waals surface area contributed by atoms with Crippen LogP contribution in [0.25, 0.3) is 88.4 Å². The summed E-state index contributed by atoms with van der Waals surface area (Å²) in [6.45, 7) is 0. The van der Waals surface area contributed by atoms with E-state index in [0.29, 0.717) is 0 Å². The third-order valence-electron chi connectivity index (χ3n) is 12.7. The number of rotatable bonds is 3. The highest BCUT2D eigenvalue weighted by Crippen LogP contribution is 2.63. The van der Waals surface area contributed by atoms with Crippen LogP contribution in [0.15, 0.2) is 210 Å². The van der Waals surface area contributed by atoms with Crippen molar-refractivity contribution in [1.29, 1.82) is 0 Å². The van der Waals surface area contributed by atoms with Gasteiger partial charge >= 0.3 is 0 Å². The van der Waals surface area contributed by atoms with Crippen LogP contribution >= 0.6 is 11.8 Å². The van der Waals surface area contributed by atoms with Gasteiger partial charge in [0.2, 0.25) is 0 Å². The van der Waals surface area contributed by atoms with Crippen LogP contribution in [0.4, 0.5) is 0 Å². The Morgan fingerprint density at radius 3 is 1.62 bits per heavy atom. The van der Waals surface area contributed by atoms with Crippen molar-refractivity contribution in [3.63, 3.8) is 0 Å². The molecule has 0 fully saturated rings. The topological polar surface area (TPSA) is 38.7 Å². The number of fused-ring (bicyclic) bond motifs is 16. The minimum absolute atomic E-state index is 0.443. The van der Waals surface area contributed by atoms with Crippen LogP contribution in [-0.2, 0) is 5.41 Å². The van der Waals surface area contributed by atoms with Crippen molar-refractivity contribution in [3.05, 3.63) is 222 Å². The van der Waals surface area contributed by atoms with Crippen molar-refractivity contribution < 1.29 is 0 Å². The molecule has 1 spiro atoms. The third kappa shape index (κ3) is 4.71. The van der Waals surface area contributed by atoms with Crippen molar-refractivity contribution in [1.82, 2.24) is 15.0 Å².